The summed E-state index contributed by atoms with van der Waals surface area (Å²) in [5, 5.41) is 42.1. The van der Waals surface area contributed by atoms with E-state index in [1.165, 1.54) is 0 Å². The minimum Gasteiger partial charge on any atom is -0.481 e. The molecule has 3 aromatic heterocycles. The zero-order valence-electron chi connectivity index (χ0n) is 27.4. The fourth-order valence-corrected chi connectivity index (χ4v) is 10.4. The highest BCUT2D eigenvalue weighted by atomic mass is 32.1. The van der Waals surface area contributed by atoms with Gasteiger partial charge in [-0.2, -0.15) is 0 Å². The summed E-state index contributed by atoms with van der Waals surface area (Å²) in [7, 11) is 0. The first-order valence-corrected chi connectivity index (χ1v) is 19.5. The summed E-state index contributed by atoms with van der Waals surface area (Å²) >= 11 is 4.64. The molecule has 0 bridgehead atoms. The SMILES string of the molecule is O=C(O)C(Cc1ncc(CN(Cc2cnc(C[C@H](C(=O)O)[C@H]3CCNC3)s2)Cc2cnc(C[C@H](C(=O)O)[C@H]3CCNC3)s2)s1)[C@H]1CCNC1. The van der Waals surface area contributed by atoms with Gasteiger partial charge in [-0.3, -0.25) is 19.3 Å². The Bertz CT molecular complexity index is 1380. The lowest BCUT2D eigenvalue weighted by Gasteiger charge is -2.20. The normalized spacial score (nSPS) is 22.8. The first kappa shape index (κ1) is 35.9. The van der Waals surface area contributed by atoms with Gasteiger partial charge >= 0.3 is 17.9 Å². The van der Waals surface area contributed by atoms with Crippen molar-refractivity contribution < 1.29 is 29.7 Å². The molecule has 6 atom stereocenters. The Morgan fingerprint density at radius 2 is 0.918 bits per heavy atom. The van der Waals surface area contributed by atoms with Crippen LogP contribution in [0, 0.1) is 35.5 Å². The van der Waals surface area contributed by atoms with E-state index in [0.29, 0.717) is 58.5 Å². The molecule has 13 nitrogen and oxygen atoms in total. The van der Waals surface area contributed by atoms with Crippen molar-refractivity contribution in [1.29, 1.82) is 0 Å². The van der Waals surface area contributed by atoms with Crippen LogP contribution in [0.2, 0.25) is 0 Å². The molecule has 0 spiro atoms. The van der Waals surface area contributed by atoms with Crippen molar-refractivity contribution in [1.82, 2.24) is 35.8 Å². The second-order valence-corrected chi connectivity index (χ2v) is 17.1. The van der Waals surface area contributed by atoms with Gasteiger partial charge < -0.3 is 31.3 Å². The Hall–Kier alpha value is -2.86. The molecule has 6 N–H and O–H groups in total. The first-order valence-electron chi connectivity index (χ1n) is 17.1. The molecule has 0 amide bonds. The molecule has 0 radical (unpaired) electrons. The van der Waals surface area contributed by atoms with Gasteiger partial charge in [-0.25, -0.2) is 15.0 Å². The summed E-state index contributed by atoms with van der Waals surface area (Å²) in [6, 6.07) is 0. The number of thiazole rings is 3. The van der Waals surface area contributed by atoms with E-state index in [1.54, 1.807) is 34.0 Å². The smallest absolute Gasteiger partial charge is 0.307 e. The zero-order chi connectivity index (χ0) is 34.3. The van der Waals surface area contributed by atoms with E-state index in [2.05, 4.69) is 35.8 Å². The number of rotatable bonds is 18. The second-order valence-electron chi connectivity index (χ2n) is 13.5. The number of aromatic nitrogens is 3. The molecular formula is C33H45N7O6S3. The van der Waals surface area contributed by atoms with Crippen LogP contribution in [0.3, 0.4) is 0 Å². The lowest BCUT2D eigenvalue weighted by molar-refractivity contribution is -0.144. The van der Waals surface area contributed by atoms with Crippen molar-refractivity contribution in [3.8, 4) is 0 Å². The van der Waals surface area contributed by atoms with Crippen LogP contribution in [-0.2, 0) is 53.3 Å². The molecule has 16 heteroatoms. The van der Waals surface area contributed by atoms with Crippen molar-refractivity contribution in [2.45, 2.75) is 58.2 Å². The monoisotopic (exact) mass is 731 g/mol. The highest BCUT2D eigenvalue weighted by Crippen LogP contribution is 2.31. The number of nitrogens with one attached hydrogen (secondary N) is 3. The van der Waals surface area contributed by atoms with Gasteiger partial charge in [-0.15, -0.1) is 34.0 Å². The van der Waals surface area contributed by atoms with E-state index in [0.717, 1.165) is 68.6 Å². The first-order chi connectivity index (χ1) is 23.7. The number of hydrogen-bond donors (Lipinski definition) is 6. The quantitative estimate of drug-likeness (QED) is 0.112. The highest BCUT2D eigenvalue weighted by molar-refractivity contribution is 7.12. The number of carboxylic acids is 3. The van der Waals surface area contributed by atoms with Crippen molar-refractivity contribution in [2.24, 2.45) is 35.5 Å². The maximum absolute atomic E-state index is 12.1. The highest BCUT2D eigenvalue weighted by Gasteiger charge is 2.34. The Morgan fingerprint density at radius 1 is 0.612 bits per heavy atom. The Kier molecular flexibility index (Phi) is 12.4. The van der Waals surface area contributed by atoms with Gasteiger partial charge in [0.1, 0.15) is 0 Å². The third-order valence-corrected chi connectivity index (χ3v) is 13.1. The summed E-state index contributed by atoms with van der Waals surface area (Å²) < 4.78 is 0. The minimum absolute atomic E-state index is 0.0960. The van der Waals surface area contributed by atoms with Gasteiger partial charge in [0.25, 0.3) is 0 Å². The molecule has 3 aliphatic heterocycles. The zero-order valence-corrected chi connectivity index (χ0v) is 29.8. The van der Waals surface area contributed by atoms with Crippen LogP contribution in [0.1, 0.15) is 48.9 Å². The number of hydrogen-bond acceptors (Lipinski definition) is 13. The Morgan fingerprint density at radius 3 is 1.16 bits per heavy atom. The number of carbonyl (C=O) groups is 3. The summed E-state index contributed by atoms with van der Waals surface area (Å²) in [5.74, 6) is -3.47. The van der Waals surface area contributed by atoms with Crippen LogP contribution in [0.15, 0.2) is 18.6 Å². The van der Waals surface area contributed by atoms with Crippen molar-refractivity contribution in [3.05, 3.63) is 48.2 Å². The van der Waals surface area contributed by atoms with Gasteiger partial charge in [0.2, 0.25) is 0 Å². The van der Waals surface area contributed by atoms with Crippen LogP contribution in [0.5, 0.6) is 0 Å². The largest absolute Gasteiger partial charge is 0.481 e. The Labute approximate surface area is 297 Å². The van der Waals surface area contributed by atoms with Gasteiger partial charge in [0, 0.05) is 72.1 Å². The van der Waals surface area contributed by atoms with Crippen LogP contribution < -0.4 is 16.0 Å². The molecule has 3 aromatic rings. The molecule has 0 aromatic carbocycles. The molecule has 3 aliphatic rings. The lowest BCUT2D eigenvalue weighted by Crippen LogP contribution is -2.27. The summed E-state index contributed by atoms with van der Waals surface area (Å²) in [6.45, 7) is 6.41. The summed E-state index contributed by atoms with van der Waals surface area (Å²) in [5.41, 5.74) is 0. The maximum atomic E-state index is 12.1. The molecule has 3 fully saturated rings. The van der Waals surface area contributed by atoms with E-state index in [4.69, 9.17) is 0 Å². The molecule has 6 rings (SSSR count). The predicted molar refractivity (Wildman–Crippen MR) is 187 cm³/mol. The molecule has 6 heterocycles. The summed E-state index contributed by atoms with van der Waals surface area (Å²) in [4.78, 5) is 55.5. The number of nitrogens with zero attached hydrogens (tertiary/aromatic N) is 4. The van der Waals surface area contributed by atoms with Gasteiger partial charge in [-0.05, 0) is 76.3 Å². The topological polar surface area (TPSA) is 190 Å². The fraction of sp³-hybridized carbons (Fsp3) is 0.636. The fourth-order valence-electron chi connectivity index (χ4n) is 7.37. The van der Waals surface area contributed by atoms with Gasteiger partial charge in [-0.1, -0.05) is 0 Å². The molecule has 0 aliphatic carbocycles. The lowest BCUT2D eigenvalue weighted by atomic mass is 9.89. The van der Waals surface area contributed by atoms with Crippen LogP contribution in [0.25, 0.3) is 0 Å². The third-order valence-electron chi connectivity index (χ3n) is 10.1. The third kappa shape index (κ3) is 9.68. The molecule has 1 unspecified atom stereocenters. The number of aliphatic carboxylic acids is 3. The standard InChI is InChI=1S/C33H45N7O6S3/c41-31(42)25(19-1-4-34-10-19)7-28-37-13-22(47-28)16-40(17-23-14-38-29(48-23)8-26(32(43)44)20-2-5-35-11-20)18-24-15-39-30(49-24)9-27(33(45)46)21-3-6-36-12-21/h13-15,19-21,25-27,34-36H,1-12,16-18H2,(H,41,42)(H,43,44)(H,45,46)/t19-,20-,21-,25-,26-,27?/m0/s1. The van der Waals surface area contributed by atoms with Crippen molar-refractivity contribution in [3.63, 3.8) is 0 Å². The predicted octanol–water partition coefficient (Wildman–Crippen LogP) is 2.82. The molecule has 49 heavy (non-hydrogen) atoms. The second kappa shape index (κ2) is 16.9. The average Bonchev–Trinajstić information content (AvgIpc) is 3.91. The minimum atomic E-state index is -0.780. The van der Waals surface area contributed by atoms with Gasteiger partial charge in [0.05, 0.1) is 32.8 Å². The maximum Gasteiger partial charge on any atom is 0.307 e. The average molecular weight is 732 g/mol. The Balaban J connectivity index is 1.16. The number of carboxylic acid groups (broad SMARTS) is 3. The van der Waals surface area contributed by atoms with Crippen LogP contribution >= 0.6 is 34.0 Å². The van der Waals surface area contributed by atoms with E-state index >= 15 is 0 Å². The molecule has 266 valence electrons. The van der Waals surface area contributed by atoms with E-state index in [-0.39, 0.29) is 17.8 Å². The van der Waals surface area contributed by atoms with Crippen molar-refractivity contribution >= 4 is 51.9 Å². The van der Waals surface area contributed by atoms with E-state index in [1.807, 2.05) is 18.6 Å². The molecule has 0 saturated carbocycles. The molecule has 3 saturated heterocycles. The van der Waals surface area contributed by atoms with E-state index in [9.17, 15) is 29.7 Å². The van der Waals surface area contributed by atoms with Crippen LogP contribution in [-0.4, -0.2) is 92.3 Å². The van der Waals surface area contributed by atoms with Crippen molar-refractivity contribution in [2.75, 3.05) is 39.3 Å². The van der Waals surface area contributed by atoms with E-state index < -0.39 is 35.7 Å². The molecular weight excluding hydrogens is 687 g/mol. The van der Waals surface area contributed by atoms with Gasteiger partial charge in [0.15, 0.2) is 0 Å². The van der Waals surface area contributed by atoms with Crippen LogP contribution in [0.4, 0.5) is 0 Å². The summed E-state index contributed by atoms with van der Waals surface area (Å²) in [6.07, 6.45) is 9.31.